The highest BCUT2D eigenvalue weighted by Gasteiger charge is 2.11. The highest BCUT2D eigenvalue weighted by atomic mass is 19.3. The Bertz CT molecular complexity index is 1060. The maximum atomic E-state index is 12.3. The van der Waals surface area contributed by atoms with Crippen LogP contribution in [-0.4, -0.2) is 47.9 Å². The molecule has 0 bridgehead atoms. The molecule has 11 heteroatoms. The number of halogens is 2. The van der Waals surface area contributed by atoms with E-state index >= 15 is 0 Å². The number of methoxy groups -OCH3 is 2. The number of benzene rings is 1. The molecule has 3 aromatic rings. The van der Waals surface area contributed by atoms with Gasteiger partial charge in [0.1, 0.15) is 17.2 Å². The Labute approximate surface area is 175 Å². The molecule has 1 N–H and O–H groups in total. The van der Waals surface area contributed by atoms with Crippen molar-refractivity contribution in [2.75, 3.05) is 14.2 Å². The lowest BCUT2D eigenvalue weighted by atomic mass is 10.2. The number of alkyl halides is 2. The van der Waals surface area contributed by atoms with Crippen LogP contribution in [0.5, 0.6) is 17.4 Å². The van der Waals surface area contributed by atoms with E-state index in [0.29, 0.717) is 28.3 Å². The highest BCUT2D eigenvalue weighted by molar-refractivity contribution is 5.93. The molecule has 0 radical (unpaired) electrons. The lowest BCUT2D eigenvalue weighted by Crippen LogP contribution is -2.19. The van der Waals surface area contributed by atoms with E-state index in [1.807, 2.05) is 0 Å². The molecule has 9 nitrogen and oxygen atoms in total. The third-order valence-corrected chi connectivity index (χ3v) is 3.86. The number of nitrogens with zero attached hydrogens (tertiary/aromatic N) is 4. The van der Waals surface area contributed by atoms with Crippen molar-refractivity contribution < 1.29 is 27.8 Å². The smallest absolute Gasteiger partial charge is 0.388 e. The van der Waals surface area contributed by atoms with Crippen LogP contribution in [0.15, 0.2) is 54.0 Å². The van der Waals surface area contributed by atoms with Crippen LogP contribution in [0.4, 0.5) is 8.78 Å². The summed E-state index contributed by atoms with van der Waals surface area (Å²) in [6.45, 7) is -2.97. The predicted molar refractivity (Wildman–Crippen MR) is 107 cm³/mol. The van der Waals surface area contributed by atoms with Gasteiger partial charge in [-0.15, -0.1) is 0 Å². The van der Waals surface area contributed by atoms with Crippen LogP contribution in [0, 0.1) is 0 Å². The van der Waals surface area contributed by atoms with Crippen molar-refractivity contribution in [1.29, 1.82) is 0 Å². The topological polar surface area (TPSA) is 108 Å². The molecule has 1 aromatic carbocycles. The second kappa shape index (κ2) is 10.1. The molecule has 0 aliphatic heterocycles. The fourth-order valence-electron chi connectivity index (χ4n) is 2.43. The molecule has 3 rings (SSSR count). The minimum Gasteiger partial charge on any atom is -0.497 e. The van der Waals surface area contributed by atoms with Crippen molar-refractivity contribution in [1.82, 2.24) is 20.4 Å². The molecule has 31 heavy (non-hydrogen) atoms. The average Bonchev–Trinajstić information content (AvgIpc) is 2.79. The number of hydrogen-bond donors (Lipinski definition) is 1. The van der Waals surface area contributed by atoms with Crippen molar-refractivity contribution in [3.8, 4) is 28.6 Å². The first-order chi connectivity index (χ1) is 15.0. The van der Waals surface area contributed by atoms with Crippen LogP contribution in [-0.2, 0) is 0 Å². The van der Waals surface area contributed by atoms with Gasteiger partial charge in [-0.05, 0) is 18.2 Å². The number of rotatable bonds is 8. The van der Waals surface area contributed by atoms with E-state index in [1.165, 1.54) is 51.2 Å². The van der Waals surface area contributed by atoms with Gasteiger partial charge in [-0.1, -0.05) is 0 Å². The van der Waals surface area contributed by atoms with Crippen molar-refractivity contribution in [2.24, 2.45) is 5.10 Å². The number of hydrogen-bond acceptors (Lipinski definition) is 8. The second-order valence-electron chi connectivity index (χ2n) is 5.90. The monoisotopic (exact) mass is 429 g/mol. The van der Waals surface area contributed by atoms with Gasteiger partial charge in [-0.2, -0.15) is 13.9 Å². The molecular weight excluding hydrogens is 412 g/mol. The Morgan fingerprint density at radius 3 is 2.45 bits per heavy atom. The predicted octanol–water partition coefficient (Wildman–Crippen LogP) is 2.92. The fraction of sp³-hybridized carbons (Fsp3) is 0.150. The molecule has 1 amide bonds. The molecule has 0 fully saturated rings. The largest absolute Gasteiger partial charge is 0.497 e. The lowest BCUT2D eigenvalue weighted by Gasteiger charge is -2.06. The molecule has 0 saturated heterocycles. The third-order valence-electron chi connectivity index (χ3n) is 3.86. The third kappa shape index (κ3) is 5.92. The lowest BCUT2D eigenvalue weighted by molar-refractivity contribution is -0.0528. The summed E-state index contributed by atoms with van der Waals surface area (Å²) in [5.41, 5.74) is 3.80. The molecule has 0 aliphatic carbocycles. The molecule has 2 aromatic heterocycles. The zero-order chi connectivity index (χ0) is 22.2. The van der Waals surface area contributed by atoms with Crippen molar-refractivity contribution in [2.45, 2.75) is 6.61 Å². The van der Waals surface area contributed by atoms with Crippen molar-refractivity contribution in [3.05, 3.63) is 60.2 Å². The fourth-order valence-corrected chi connectivity index (χ4v) is 2.43. The normalized spacial score (nSPS) is 10.9. The number of carbonyl (C=O) groups is 1. The molecule has 0 aliphatic rings. The Balaban J connectivity index is 1.70. The van der Waals surface area contributed by atoms with Crippen LogP contribution in [0.1, 0.15) is 16.1 Å². The first-order valence-electron chi connectivity index (χ1n) is 8.78. The zero-order valence-corrected chi connectivity index (χ0v) is 16.5. The van der Waals surface area contributed by atoms with Gasteiger partial charge in [-0.3, -0.25) is 9.78 Å². The van der Waals surface area contributed by atoms with Crippen LogP contribution in [0.25, 0.3) is 11.3 Å². The molecule has 2 heterocycles. The van der Waals surface area contributed by atoms with Gasteiger partial charge in [0.05, 0.1) is 38.5 Å². The average molecular weight is 429 g/mol. The Morgan fingerprint density at radius 2 is 1.84 bits per heavy atom. The molecular formula is C20H17F2N5O4. The summed E-state index contributed by atoms with van der Waals surface area (Å²) >= 11 is 0. The van der Waals surface area contributed by atoms with Crippen LogP contribution in [0.3, 0.4) is 0 Å². The summed E-state index contributed by atoms with van der Waals surface area (Å²) in [5.74, 6) is 0.323. The maximum absolute atomic E-state index is 12.3. The first kappa shape index (κ1) is 21.6. The standard InChI is InChI=1S/C20H17F2N5O4/c1-29-14-5-12(6-15(7-14)30-2)8-25-27-19(28)17-11-23-10-16(26-17)13-3-4-18(24-9-13)31-20(21)22/h3-11,20H,1-2H3,(H,27,28)/b25-8+. The van der Waals surface area contributed by atoms with E-state index in [2.05, 4.69) is 30.2 Å². The summed E-state index contributed by atoms with van der Waals surface area (Å²) in [4.78, 5) is 24.3. The van der Waals surface area contributed by atoms with E-state index in [4.69, 9.17) is 9.47 Å². The van der Waals surface area contributed by atoms with E-state index in [9.17, 15) is 13.6 Å². The molecule has 0 saturated carbocycles. The number of carbonyl (C=O) groups excluding carboxylic acids is 1. The molecule has 0 spiro atoms. The van der Waals surface area contributed by atoms with Gasteiger partial charge in [0, 0.05) is 29.5 Å². The quantitative estimate of drug-likeness (QED) is 0.433. The van der Waals surface area contributed by atoms with E-state index < -0.39 is 12.5 Å². The number of aromatic nitrogens is 3. The van der Waals surface area contributed by atoms with Crippen molar-refractivity contribution in [3.63, 3.8) is 0 Å². The Hall–Kier alpha value is -4.15. The number of amides is 1. The molecule has 160 valence electrons. The van der Waals surface area contributed by atoms with Gasteiger partial charge in [0.25, 0.3) is 5.91 Å². The Kier molecular flexibility index (Phi) is 6.99. The second-order valence-corrected chi connectivity index (χ2v) is 5.90. The Morgan fingerprint density at radius 1 is 1.10 bits per heavy atom. The minimum absolute atomic E-state index is 0.00535. The number of ether oxygens (including phenoxy) is 3. The molecule has 0 unspecified atom stereocenters. The van der Waals surface area contributed by atoms with Gasteiger partial charge in [0.15, 0.2) is 0 Å². The summed E-state index contributed by atoms with van der Waals surface area (Å²) in [5, 5.41) is 3.91. The van der Waals surface area contributed by atoms with Crippen LogP contribution < -0.4 is 19.6 Å². The number of hydrazone groups is 1. The van der Waals surface area contributed by atoms with Gasteiger partial charge < -0.3 is 14.2 Å². The zero-order valence-electron chi connectivity index (χ0n) is 16.5. The van der Waals surface area contributed by atoms with E-state index in [0.717, 1.165) is 0 Å². The van der Waals surface area contributed by atoms with Gasteiger partial charge >= 0.3 is 6.61 Å². The maximum Gasteiger partial charge on any atom is 0.388 e. The minimum atomic E-state index is -2.97. The van der Waals surface area contributed by atoms with E-state index in [-0.39, 0.29) is 11.6 Å². The number of pyridine rings is 1. The summed E-state index contributed by atoms with van der Waals surface area (Å²) < 4.78 is 39.0. The summed E-state index contributed by atoms with van der Waals surface area (Å²) in [6.07, 6.45) is 5.39. The number of nitrogens with one attached hydrogen (secondary N) is 1. The summed E-state index contributed by atoms with van der Waals surface area (Å²) in [6, 6.07) is 7.88. The first-order valence-corrected chi connectivity index (χ1v) is 8.78. The van der Waals surface area contributed by atoms with Gasteiger partial charge in [-0.25, -0.2) is 15.4 Å². The SMILES string of the molecule is COc1cc(/C=N/NC(=O)c2cncc(-c3ccc(OC(F)F)nc3)n2)cc(OC)c1. The van der Waals surface area contributed by atoms with Crippen LogP contribution >= 0.6 is 0 Å². The van der Waals surface area contributed by atoms with Crippen molar-refractivity contribution >= 4 is 12.1 Å². The molecule has 0 atom stereocenters. The van der Waals surface area contributed by atoms with Crippen LogP contribution in [0.2, 0.25) is 0 Å². The highest BCUT2D eigenvalue weighted by Crippen LogP contribution is 2.21. The van der Waals surface area contributed by atoms with E-state index in [1.54, 1.807) is 18.2 Å². The van der Waals surface area contributed by atoms with Gasteiger partial charge in [0.2, 0.25) is 5.88 Å². The summed E-state index contributed by atoms with van der Waals surface area (Å²) in [7, 11) is 3.05.